The second-order valence-electron chi connectivity index (χ2n) is 7.88. The zero-order valence-electron chi connectivity index (χ0n) is 17.6. The highest BCUT2D eigenvalue weighted by Gasteiger charge is 2.37. The second kappa shape index (κ2) is 11.9. The first-order valence-electron chi connectivity index (χ1n) is 10.5. The van der Waals surface area contributed by atoms with Gasteiger partial charge in [0.2, 0.25) is 11.8 Å². The molecule has 0 radical (unpaired) electrons. The van der Waals surface area contributed by atoms with Crippen LogP contribution in [0.15, 0.2) is 35.3 Å². The molecule has 0 heterocycles. The van der Waals surface area contributed by atoms with Crippen LogP contribution in [0.2, 0.25) is 0 Å². The smallest absolute Gasteiger partial charge is 0.226 e. The quantitative estimate of drug-likeness (QED) is 0.229. The topological polar surface area (TPSA) is 131 Å². The minimum absolute atomic E-state index is 0.00451. The number of rotatable bonds is 10. The van der Waals surface area contributed by atoms with Crippen molar-refractivity contribution in [3.8, 4) is 0 Å². The van der Waals surface area contributed by atoms with Gasteiger partial charge in [-0.05, 0) is 31.2 Å². The molecule has 2 amide bonds. The van der Waals surface area contributed by atoms with Crippen molar-refractivity contribution in [1.29, 1.82) is 0 Å². The highest BCUT2D eigenvalue weighted by molar-refractivity contribution is 5.89. The van der Waals surface area contributed by atoms with Crippen molar-refractivity contribution in [2.75, 3.05) is 13.6 Å². The van der Waals surface area contributed by atoms with Crippen LogP contribution in [0.4, 0.5) is 0 Å². The molecule has 0 unspecified atom stereocenters. The van der Waals surface area contributed by atoms with Gasteiger partial charge >= 0.3 is 0 Å². The van der Waals surface area contributed by atoms with Crippen LogP contribution in [0.1, 0.15) is 44.1 Å². The Labute approximate surface area is 178 Å². The van der Waals surface area contributed by atoms with Crippen molar-refractivity contribution in [3.05, 3.63) is 35.9 Å². The fourth-order valence-corrected chi connectivity index (χ4v) is 3.94. The standard InChI is InChI=1S/C22H33N5O3/c1-27(14-16-8-3-2-4-9-16)21(30)19-12-6-5-11-18(19)20(29)26-17(15-28)10-7-13-25-22(23)24/h2-4,8-9,15,17-19H,5-7,10-14H2,1H3,(H,26,29)(H4,23,24,25)/t17-,18-,19-/m1/s1. The Morgan fingerprint density at radius 2 is 1.87 bits per heavy atom. The molecule has 164 valence electrons. The van der Waals surface area contributed by atoms with Gasteiger partial charge in [0.25, 0.3) is 0 Å². The molecule has 8 nitrogen and oxygen atoms in total. The van der Waals surface area contributed by atoms with E-state index in [1.807, 2.05) is 30.3 Å². The van der Waals surface area contributed by atoms with Gasteiger partial charge in [-0.3, -0.25) is 14.6 Å². The molecular formula is C22H33N5O3. The molecule has 0 bridgehead atoms. The summed E-state index contributed by atoms with van der Waals surface area (Å²) in [6.07, 6.45) is 4.93. The third kappa shape index (κ3) is 7.17. The molecule has 1 aromatic rings. The van der Waals surface area contributed by atoms with Crippen LogP contribution in [-0.4, -0.2) is 48.6 Å². The summed E-state index contributed by atoms with van der Waals surface area (Å²) in [6, 6.07) is 9.17. The number of aldehydes is 1. The second-order valence-corrected chi connectivity index (χ2v) is 7.88. The Morgan fingerprint density at radius 1 is 1.20 bits per heavy atom. The molecule has 1 fully saturated rings. The molecule has 0 spiro atoms. The summed E-state index contributed by atoms with van der Waals surface area (Å²) in [4.78, 5) is 43.0. The van der Waals surface area contributed by atoms with Crippen molar-refractivity contribution in [3.63, 3.8) is 0 Å². The molecule has 1 aromatic carbocycles. The predicted octanol–water partition coefficient (Wildman–Crippen LogP) is 1.19. The lowest BCUT2D eigenvalue weighted by molar-refractivity contribution is -0.143. The fourth-order valence-electron chi connectivity index (χ4n) is 3.94. The number of nitrogens with one attached hydrogen (secondary N) is 1. The lowest BCUT2D eigenvalue weighted by atomic mass is 9.77. The third-order valence-corrected chi connectivity index (χ3v) is 5.52. The lowest BCUT2D eigenvalue weighted by Gasteiger charge is -2.33. The monoisotopic (exact) mass is 415 g/mol. The number of guanidine groups is 1. The molecule has 30 heavy (non-hydrogen) atoms. The van der Waals surface area contributed by atoms with E-state index in [-0.39, 0.29) is 23.7 Å². The highest BCUT2D eigenvalue weighted by Crippen LogP contribution is 2.32. The number of aliphatic imine (C=N–C) groups is 1. The largest absolute Gasteiger partial charge is 0.370 e. The summed E-state index contributed by atoms with van der Waals surface area (Å²) in [5, 5.41) is 2.81. The van der Waals surface area contributed by atoms with E-state index in [4.69, 9.17) is 11.5 Å². The molecule has 0 saturated heterocycles. The van der Waals surface area contributed by atoms with E-state index in [0.29, 0.717) is 38.8 Å². The summed E-state index contributed by atoms with van der Waals surface area (Å²) >= 11 is 0. The van der Waals surface area contributed by atoms with E-state index < -0.39 is 12.0 Å². The van der Waals surface area contributed by atoms with Gasteiger partial charge < -0.3 is 26.5 Å². The van der Waals surface area contributed by atoms with Gasteiger partial charge in [0.05, 0.1) is 6.04 Å². The Hall–Kier alpha value is -2.90. The summed E-state index contributed by atoms with van der Waals surface area (Å²) in [6.45, 7) is 0.906. The average molecular weight is 416 g/mol. The van der Waals surface area contributed by atoms with Gasteiger partial charge in [-0.25, -0.2) is 0 Å². The first kappa shape index (κ1) is 23.4. The predicted molar refractivity (Wildman–Crippen MR) is 116 cm³/mol. The lowest BCUT2D eigenvalue weighted by Crippen LogP contribution is -2.47. The van der Waals surface area contributed by atoms with Crippen LogP contribution in [0.25, 0.3) is 0 Å². The summed E-state index contributed by atoms with van der Waals surface area (Å²) < 4.78 is 0. The first-order chi connectivity index (χ1) is 14.4. The van der Waals surface area contributed by atoms with Crippen LogP contribution in [0.3, 0.4) is 0 Å². The SMILES string of the molecule is CN(Cc1ccccc1)C(=O)[C@@H]1CCCC[C@H]1C(=O)N[C@@H](C=O)CCCN=C(N)N. The number of amides is 2. The van der Waals surface area contributed by atoms with Crippen molar-refractivity contribution >= 4 is 24.1 Å². The van der Waals surface area contributed by atoms with E-state index in [2.05, 4.69) is 10.3 Å². The van der Waals surface area contributed by atoms with Gasteiger partial charge in [0.15, 0.2) is 5.96 Å². The molecule has 0 aliphatic heterocycles. The molecule has 3 atom stereocenters. The number of carbonyl (C=O) groups excluding carboxylic acids is 3. The number of nitrogens with zero attached hydrogens (tertiary/aromatic N) is 2. The molecule has 0 aromatic heterocycles. The van der Waals surface area contributed by atoms with Crippen LogP contribution >= 0.6 is 0 Å². The zero-order chi connectivity index (χ0) is 21.9. The number of hydrogen-bond acceptors (Lipinski definition) is 4. The molecular weight excluding hydrogens is 382 g/mol. The molecule has 1 aliphatic rings. The van der Waals surface area contributed by atoms with Gasteiger partial charge in [-0.2, -0.15) is 0 Å². The maximum Gasteiger partial charge on any atom is 0.226 e. The van der Waals surface area contributed by atoms with E-state index in [9.17, 15) is 14.4 Å². The van der Waals surface area contributed by atoms with E-state index >= 15 is 0 Å². The minimum atomic E-state index is -0.605. The summed E-state index contributed by atoms with van der Waals surface area (Å²) in [5.74, 6) is -1.01. The van der Waals surface area contributed by atoms with Crippen molar-refractivity contribution in [2.45, 2.75) is 51.1 Å². The fraction of sp³-hybridized carbons (Fsp3) is 0.545. The van der Waals surface area contributed by atoms with Gasteiger partial charge in [-0.15, -0.1) is 0 Å². The Morgan fingerprint density at radius 3 is 2.50 bits per heavy atom. The van der Waals surface area contributed by atoms with E-state index in [1.165, 1.54) is 0 Å². The molecule has 2 rings (SSSR count). The first-order valence-corrected chi connectivity index (χ1v) is 10.5. The van der Waals surface area contributed by atoms with Crippen molar-refractivity contribution in [1.82, 2.24) is 10.2 Å². The average Bonchev–Trinajstić information content (AvgIpc) is 2.75. The summed E-state index contributed by atoms with van der Waals surface area (Å²) in [7, 11) is 1.77. The van der Waals surface area contributed by atoms with Crippen LogP contribution in [-0.2, 0) is 20.9 Å². The molecule has 1 saturated carbocycles. The number of hydrogen-bond donors (Lipinski definition) is 3. The molecule has 8 heteroatoms. The minimum Gasteiger partial charge on any atom is -0.370 e. The van der Waals surface area contributed by atoms with E-state index in [0.717, 1.165) is 24.7 Å². The van der Waals surface area contributed by atoms with Crippen molar-refractivity contribution in [2.24, 2.45) is 28.3 Å². The normalized spacial score (nSPS) is 19.4. The summed E-state index contributed by atoms with van der Waals surface area (Å²) in [5.41, 5.74) is 11.6. The Balaban J connectivity index is 1.95. The van der Waals surface area contributed by atoms with Crippen LogP contribution in [0.5, 0.6) is 0 Å². The third-order valence-electron chi connectivity index (χ3n) is 5.52. The molecule has 1 aliphatic carbocycles. The number of carbonyl (C=O) groups is 3. The highest BCUT2D eigenvalue weighted by atomic mass is 16.2. The van der Waals surface area contributed by atoms with Crippen LogP contribution < -0.4 is 16.8 Å². The number of nitrogens with two attached hydrogens (primary N) is 2. The Bertz CT molecular complexity index is 734. The van der Waals surface area contributed by atoms with Gasteiger partial charge in [0, 0.05) is 32.0 Å². The van der Waals surface area contributed by atoms with E-state index in [1.54, 1.807) is 11.9 Å². The van der Waals surface area contributed by atoms with Gasteiger partial charge in [0.1, 0.15) is 6.29 Å². The maximum atomic E-state index is 13.1. The van der Waals surface area contributed by atoms with Gasteiger partial charge in [-0.1, -0.05) is 43.2 Å². The van der Waals surface area contributed by atoms with Crippen LogP contribution in [0, 0.1) is 11.8 Å². The van der Waals surface area contributed by atoms with Crippen molar-refractivity contribution < 1.29 is 14.4 Å². The number of benzene rings is 1. The zero-order valence-corrected chi connectivity index (χ0v) is 17.6. The maximum absolute atomic E-state index is 13.1. The molecule has 5 N–H and O–H groups in total. The Kier molecular flexibility index (Phi) is 9.31.